The summed E-state index contributed by atoms with van der Waals surface area (Å²) in [5, 5.41) is 7.19. The molecule has 1 N–H and O–H groups in total. The molecular weight excluding hydrogens is 267 g/mol. The van der Waals surface area contributed by atoms with Crippen molar-refractivity contribution in [3.8, 4) is 0 Å². The van der Waals surface area contributed by atoms with E-state index in [0.717, 1.165) is 11.8 Å². The Morgan fingerprint density at radius 1 is 1.30 bits per heavy atom. The Hall–Kier alpha value is -1.82. The minimum atomic E-state index is -4.32. The SMILES string of the molecule is CNC(Cn1nccc1C)c1cccc(C(F)(F)F)c1. The Morgan fingerprint density at radius 2 is 2.05 bits per heavy atom. The topological polar surface area (TPSA) is 29.9 Å². The van der Waals surface area contributed by atoms with Crippen molar-refractivity contribution in [3.63, 3.8) is 0 Å². The van der Waals surface area contributed by atoms with Crippen LogP contribution in [0.25, 0.3) is 0 Å². The van der Waals surface area contributed by atoms with E-state index in [1.807, 2.05) is 13.0 Å². The fourth-order valence-corrected chi connectivity index (χ4v) is 2.06. The van der Waals surface area contributed by atoms with E-state index in [2.05, 4.69) is 10.4 Å². The predicted molar refractivity (Wildman–Crippen MR) is 70.2 cm³/mol. The first-order valence-electron chi connectivity index (χ1n) is 6.24. The summed E-state index contributed by atoms with van der Waals surface area (Å²) in [6, 6.07) is 7.01. The van der Waals surface area contributed by atoms with E-state index in [4.69, 9.17) is 0 Å². The number of rotatable bonds is 4. The summed E-state index contributed by atoms with van der Waals surface area (Å²) in [5.74, 6) is 0. The molecule has 0 saturated heterocycles. The molecule has 0 radical (unpaired) electrons. The van der Waals surface area contributed by atoms with Crippen LogP contribution in [0.1, 0.15) is 22.9 Å². The number of benzene rings is 1. The molecule has 0 fully saturated rings. The van der Waals surface area contributed by atoms with Gasteiger partial charge < -0.3 is 5.32 Å². The Bertz CT molecular complexity index is 575. The molecule has 6 heteroatoms. The van der Waals surface area contributed by atoms with Crippen LogP contribution in [0.5, 0.6) is 0 Å². The Kier molecular flexibility index (Phi) is 4.13. The largest absolute Gasteiger partial charge is 0.416 e. The number of hydrogen-bond acceptors (Lipinski definition) is 2. The lowest BCUT2D eigenvalue weighted by atomic mass is 10.0. The van der Waals surface area contributed by atoms with Crippen molar-refractivity contribution in [1.29, 1.82) is 0 Å². The van der Waals surface area contributed by atoms with Crippen LogP contribution in [0.4, 0.5) is 13.2 Å². The van der Waals surface area contributed by atoms with Crippen LogP contribution < -0.4 is 5.32 Å². The van der Waals surface area contributed by atoms with Crippen LogP contribution in [-0.2, 0) is 12.7 Å². The molecule has 0 aliphatic heterocycles. The number of alkyl halides is 3. The van der Waals surface area contributed by atoms with Gasteiger partial charge in [0.05, 0.1) is 18.2 Å². The second-order valence-electron chi connectivity index (χ2n) is 4.62. The van der Waals surface area contributed by atoms with Gasteiger partial charge in [0.1, 0.15) is 0 Å². The Morgan fingerprint density at radius 3 is 2.60 bits per heavy atom. The van der Waals surface area contributed by atoms with Crippen molar-refractivity contribution in [2.24, 2.45) is 0 Å². The lowest BCUT2D eigenvalue weighted by Crippen LogP contribution is -2.23. The molecule has 1 atom stereocenters. The van der Waals surface area contributed by atoms with E-state index in [-0.39, 0.29) is 6.04 Å². The molecule has 0 spiro atoms. The molecule has 0 aliphatic carbocycles. The number of likely N-dealkylation sites (N-methyl/N-ethyl adjacent to an activating group) is 1. The zero-order valence-electron chi connectivity index (χ0n) is 11.3. The predicted octanol–water partition coefficient (Wildman–Crippen LogP) is 3.17. The quantitative estimate of drug-likeness (QED) is 0.934. The number of hydrogen-bond donors (Lipinski definition) is 1. The Labute approximate surface area is 115 Å². The molecule has 20 heavy (non-hydrogen) atoms. The molecule has 1 aromatic carbocycles. The second-order valence-corrected chi connectivity index (χ2v) is 4.62. The highest BCUT2D eigenvalue weighted by molar-refractivity contribution is 5.28. The van der Waals surface area contributed by atoms with Crippen LogP contribution in [0, 0.1) is 6.92 Å². The van der Waals surface area contributed by atoms with Crippen molar-refractivity contribution in [1.82, 2.24) is 15.1 Å². The van der Waals surface area contributed by atoms with E-state index >= 15 is 0 Å². The van der Waals surface area contributed by atoms with Crippen molar-refractivity contribution in [2.75, 3.05) is 7.05 Å². The molecule has 0 amide bonds. The molecule has 0 bridgehead atoms. The van der Waals surface area contributed by atoms with E-state index in [1.165, 1.54) is 12.1 Å². The molecule has 2 aromatic rings. The van der Waals surface area contributed by atoms with Gasteiger partial charge in [0.2, 0.25) is 0 Å². The molecule has 1 unspecified atom stereocenters. The number of nitrogens with one attached hydrogen (secondary N) is 1. The summed E-state index contributed by atoms with van der Waals surface area (Å²) < 4.78 is 40.0. The van der Waals surface area contributed by atoms with Crippen molar-refractivity contribution < 1.29 is 13.2 Å². The molecule has 2 rings (SSSR count). The van der Waals surface area contributed by atoms with Crippen molar-refractivity contribution in [3.05, 3.63) is 53.3 Å². The van der Waals surface area contributed by atoms with Crippen molar-refractivity contribution in [2.45, 2.75) is 25.7 Å². The van der Waals surface area contributed by atoms with Crippen LogP contribution >= 0.6 is 0 Å². The third kappa shape index (κ3) is 3.19. The van der Waals surface area contributed by atoms with Gasteiger partial charge in [-0.25, -0.2) is 0 Å². The summed E-state index contributed by atoms with van der Waals surface area (Å²) in [6.45, 7) is 2.39. The third-order valence-electron chi connectivity index (χ3n) is 3.25. The fraction of sp³-hybridized carbons (Fsp3) is 0.357. The first kappa shape index (κ1) is 14.6. The van der Waals surface area contributed by atoms with Crippen LogP contribution in [0.2, 0.25) is 0 Å². The normalized spacial score (nSPS) is 13.4. The zero-order chi connectivity index (χ0) is 14.8. The number of aryl methyl sites for hydroxylation is 1. The highest BCUT2D eigenvalue weighted by atomic mass is 19.4. The first-order valence-corrected chi connectivity index (χ1v) is 6.24. The second kappa shape index (κ2) is 5.66. The highest BCUT2D eigenvalue weighted by Crippen LogP contribution is 2.31. The third-order valence-corrected chi connectivity index (χ3v) is 3.25. The first-order chi connectivity index (χ1) is 9.41. The maximum absolute atomic E-state index is 12.7. The highest BCUT2D eigenvalue weighted by Gasteiger charge is 2.30. The molecule has 0 aliphatic rings. The fourth-order valence-electron chi connectivity index (χ4n) is 2.06. The summed E-state index contributed by atoms with van der Waals surface area (Å²) in [5.41, 5.74) is 0.932. The van der Waals surface area contributed by atoms with Gasteiger partial charge in [-0.15, -0.1) is 0 Å². The van der Waals surface area contributed by atoms with Gasteiger partial charge in [-0.2, -0.15) is 18.3 Å². The van der Waals surface area contributed by atoms with Gasteiger partial charge in [0, 0.05) is 11.9 Å². The van der Waals surface area contributed by atoms with E-state index in [1.54, 1.807) is 24.0 Å². The van der Waals surface area contributed by atoms with Crippen LogP contribution in [0.15, 0.2) is 36.5 Å². The van der Waals surface area contributed by atoms with E-state index in [9.17, 15) is 13.2 Å². The van der Waals surface area contributed by atoms with Crippen molar-refractivity contribution >= 4 is 0 Å². The average Bonchev–Trinajstić information content (AvgIpc) is 2.80. The van der Waals surface area contributed by atoms with E-state index < -0.39 is 11.7 Å². The lowest BCUT2D eigenvalue weighted by molar-refractivity contribution is -0.137. The van der Waals surface area contributed by atoms with Gasteiger partial charge in [-0.05, 0) is 37.7 Å². The minimum absolute atomic E-state index is 0.226. The molecule has 0 saturated carbocycles. The standard InChI is InChI=1S/C14H16F3N3/c1-10-6-7-19-20(10)9-13(18-2)11-4-3-5-12(8-11)14(15,16)17/h3-8,13,18H,9H2,1-2H3. The summed E-state index contributed by atoms with van der Waals surface area (Å²) in [6.07, 6.45) is -2.65. The van der Waals surface area contributed by atoms with Gasteiger partial charge in [0.15, 0.2) is 0 Å². The van der Waals surface area contributed by atoms with Gasteiger partial charge >= 0.3 is 6.18 Å². The van der Waals surface area contributed by atoms with E-state index in [0.29, 0.717) is 12.1 Å². The molecular formula is C14H16F3N3. The Balaban J connectivity index is 2.26. The molecule has 3 nitrogen and oxygen atoms in total. The lowest BCUT2D eigenvalue weighted by Gasteiger charge is -2.19. The van der Waals surface area contributed by atoms with Gasteiger partial charge in [-0.3, -0.25) is 4.68 Å². The summed E-state index contributed by atoms with van der Waals surface area (Å²) >= 11 is 0. The summed E-state index contributed by atoms with van der Waals surface area (Å²) in [7, 11) is 1.73. The van der Waals surface area contributed by atoms with Gasteiger partial charge in [-0.1, -0.05) is 12.1 Å². The van der Waals surface area contributed by atoms with Gasteiger partial charge in [0.25, 0.3) is 0 Å². The average molecular weight is 283 g/mol. The minimum Gasteiger partial charge on any atom is -0.311 e. The molecule has 1 aromatic heterocycles. The van der Waals surface area contributed by atoms with Crippen LogP contribution in [-0.4, -0.2) is 16.8 Å². The number of aromatic nitrogens is 2. The molecule has 108 valence electrons. The van der Waals surface area contributed by atoms with Crippen LogP contribution in [0.3, 0.4) is 0 Å². The maximum Gasteiger partial charge on any atom is 0.416 e. The summed E-state index contributed by atoms with van der Waals surface area (Å²) in [4.78, 5) is 0. The smallest absolute Gasteiger partial charge is 0.311 e. The number of halogens is 3. The maximum atomic E-state index is 12.7. The zero-order valence-corrected chi connectivity index (χ0v) is 11.3. The number of nitrogens with zero attached hydrogens (tertiary/aromatic N) is 2. The molecule has 1 heterocycles. The monoisotopic (exact) mass is 283 g/mol.